The molecule has 0 aliphatic heterocycles. The van der Waals surface area contributed by atoms with Crippen molar-refractivity contribution >= 4 is 5.97 Å². The van der Waals surface area contributed by atoms with Gasteiger partial charge in [-0.3, -0.25) is 0 Å². The molecule has 0 aromatic heterocycles. The first-order chi connectivity index (χ1) is 7.22. The molecule has 0 bridgehead atoms. The minimum Gasteiger partial charge on any atom is -0.482 e. The van der Waals surface area contributed by atoms with Gasteiger partial charge in [0.2, 0.25) is 0 Å². The zero-order valence-electron chi connectivity index (χ0n) is 8.60. The van der Waals surface area contributed by atoms with E-state index in [4.69, 9.17) is 14.6 Å². The van der Waals surface area contributed by atoms with Gasteiger partial charge in [0.1, 0.15) is 5.75 Å². The summed E-state index contributed by atoms with van der Waals surface area (Å²) in [7, 11) is 1.64. The predicted octanol–water partition coefficient (Wildman–Crippen LogP) is 1.34. The van der Waals surface area contributed by atoms with Crippen LogP contribution in [0.4, 0.5) is 0 Å². The van der Waals surface area contributed by atoms with Gasteiger partial charge in [-0.25, -0.2) is 4.79 Å². The van der Waals surface area contributed by atoms with Crippen LogP contribution < -0.4 is 4.74 Å². The first-order valence-corrected chi connectivity index (χ1v) is 4.65. The van der Waals surface area contributed by atoms with Gasteiger partial charge in [-0.1, -0.05) is 12.1 Å². The van der Waals surface area contributed by atoms with E-state index in [1.54, 1.807) is 13.2 Å². The van der Waals surface area contributed by atoms with E-state index in [0.717, 1.165) is 12.0 Å². The number of ether oxygens (including phenoxy) is 2. The van der Waals surface area contributed by atoms with E-state index in [9.17, 15) is 4.79 Å². The van der Waals surface area contributed by atoms with Crippen LogP contribution in [0.3, 0.4) is 0 Å². The molecular weight excluding hydrogens is 196 g/mol. The molecular formula is C11H14O4. The van der Waals surface area contributed by atoms with E-state index < -0.39 is 5.97 Å². The second-order valence-corrected chi connectivity index (χ2v) is 3.07. The fourth-order valence-corrected chi connectivity index (χ4v) is 1.16. The Hall–Kier alpha value is -1.55. The highest BCUT2D eigenvalue weighted by Crippen LogP contribution is 2.13. The van der Waals surface area contributed by atoms with E-state index in [1.807, 2.05) is 18.2 Å². The van der Waals surface area contributed by atoms with Crippen LogP contribution in [0, 0.1) is 0 Å². The van der Waals surface area contributed by atoms with Crippen molar-refractivity contribution in [3.63, 3.8) is 0 Å². The maximum absolute atomic E-state index is 10.3. The summed E-state index contributed by atoms with van der Waals surface area (Å²) in [6.07, 6.45) is 0.792. The minimum atomic E-state index is -0.975. The summed E-state index contributed by atoms with van der Waals surface area (Å²) in [4.78, 5) is 10.3. The maximum Gasteiger partial charge on any atom is 0.341 e. The second-order valence-electron chi connectivity index (χ2n) is 3.07. The zero-order chi connectivity index (χ0) is 11.1. The number of carbonyl (C=O) groups is 1. The molecule has 0 atom stereocenters. The molecule has 0 fully saturated rings. The van der Waals surface area contributed by atoms with E-state index in [0.29, 0.717) is 12.4 Å². The molecule has 0 amide bonds. The standard InChI is InChI=1S/C11H14O4/c1-14-6-5-9-3-2-4-10(7-9)15-8-11(12)13/h2-4,7H,5-6,8H2,1H3,(H,12,13). The van der Waals surface area contributed by atoms with Crippen LogP contribution in [0.25, 0.3) is 0 Å². The Labute approximate surface area is 88.4 Å². The molecule has 1 N–H and O–H groups in total. The average Bonchev–Trinajstić information content (AvgIpc) is 2.24. The summed E-state index contributed by atoms with van der Waals surface area (Å²) in [5, 5.41) is 8.44. The van der Waals surface area contributed by atoms with E-state index >= 15 is 0 Å². The molecule has 0 aliphatic carbocycles. The van der Waals surface area contributed by atoms with Crippen molar-refractivity contribution in [1.82, 2.24) is 0 Å². The molecule has 0 heterocycles. The third-order valence-electron chi connectivity index (χ3n) is 1.86. The van der Waals surface area contributed by atoms with E-state index in [-0.39, 0.29) is 6.61 Å². The largest absolute Gasteiger partial charge is 0.482 e. The number of methoxy groups -OCH3 is 1. The molecule has 0 spiro atoms. The average molecular weight is 210 g/mol. The lowest BCUT2D eigenvalue weighted by atomic mass is 10.1. The quantitative estimate of drug-likeness (QED) is 0.769. The molecule has 1 aromatic rings. The normalized spacial score (nSPS) is 9.93. The predicted molar refractivity (Wildman–Crippen MR) is 55.2 cm³/mol. The van der Waals surface area contributed by atoms with Crippen LogP contribution >= 0.6 is 0 Å². The smallest absolute Gasteiger partial charge is 0.341 e. The van der Waals surface area contributed by atoms with Gasteiger partial charge < -0.3 is 14.6 Å². The van der Waals surface area contributed by atoms with Crippen molar-refractivity contribution in [2.75, 3.05) is 20.3 Å². The topological polar surface area (TPSA) is 55.8 Å². The molecule has 4 heteroatoms. The van der Waals surface area contributed by atoms with Crippen molar-refractivity contribution in [2.24, 2.45) is 0 Å². The van der Waals surface area contributed by atoms with Gasteiger partial charge in [-0.2, -0.15) is 0 Å². The minimum absolute atomic E-state index is 0.312. The Morgan fingerprint density at radius 2 is 2.27 bits per heavy atom. The van der Waals surface area contributed by atoms with Gasteiger partial charge in [0.25, 0.3) is 0 Å². The SMILES string of the molecule is COCCc1cccc(OCC(=O)O)c1. The van der Waals surface area contributed by atoms with Crippen LogP contribution in [0.1, 0.15) is 5.56 Å². The van der Waals surface area contributed by atoms with Gasteiger partial charge in [0.05, 0.1) is 6.61 Å². The Morgan fingerprint density at radius 1 is 1.47 bits per heavy atom. The number of benzene rings is 1. The molecule has 1 aromatic carbocycles. The highest BCUT2D eigenvalue weighted by atomic mass is 16.5. The summed E-state index contributed by atoms with van der Waals surface area (Å²) in [5.74, 6) is -0.400. The van der Waals surface area contributed by atoms with Gasteiger partial charge in [-0.15, -0.1) is 0 Å². The van der Waals surface area contributed by atoms with Crippen LogP contribution in [-0.2, 0) is 16.0 Å². The van der Waals surface area contributed by atoms with Gasteiger partial charge in [-0.05, 0) is 24.1 Å². The summed E-state index contributed by atoms with van der Waals surface area (Å²) in [6.45, 7) is 0.329. The second kappa shape index (κ2) is 6.03. The Kier molecular flexibility index (Phi) is 4.63. The Balaban J connectivity index is 2.53. The summed E-state index contributed by atoms with van der Waals surface area (Å²) in [6, 6.07) is 7.34. The number of hydrogen-bond donors (Lipinski definition) is 1. The number of aliphatic carboxylic acids is 1. The summed E-state index contributed by atoms with van der Waals surface area (Å²) in [5.41, 5.74) is 1.07. The van der Waals surface area contributed by atoms with Crippen LogP contribution in [0.5, 0.6) is 5.75 Å². The molecule has 0 saturated carbocycles. The third kappa shape index (κ3) is 4.46. The molecule has 15 heavy (non-hydrogen) atoms. The molecule has 1 rings (SSSR count). The lowest BCUT2D eigenvalue weighted by Gasteiger charge is -2.05. The van der Waals surface area contributed by atoms with Gasteiger partial charge >= 0.3 is 5.97 Å². The van der Waals surface area contributed by atoms with Crippen LogP contribution in [0.2, 0.25) is 0 Å². The molecule has 0 saturated heterocycles. The number of rotatable bonds is 6. The van der Waals surface area contributed by atoms with Crippen molar-refractivity contribution < 1.29 is 19.4 Å². The Bertz CT molecular complexity index is 322. The van der Waals surface area contributed by atoms with Crippen LogP contribution in [-0.4, -0.2) is 31.4 Å². The molecule has 0 radical (unpaired) electrons. The Morgan fingerprint density at radius 3 is 2.93 bits per heavy atom. The third-order valence-corrected chi connectivity index (χ3v) is 1.86. The number of hydrogen-bond acceptors (Lipinski definition) is 3. The van der Waals surface area contributed by atoms with Gasteiger partial charge in [0, 0.05) is 7.11 Å². The number of carboxylic acids is 1. The zero-order valence-corrected chi connectivity index (χ0v) is 8.60. The lowest BCUT2D eigenvalue weighted by molar-refractivity contribution is -0.139. The molecule has 82 valence electrons. The summed E-state index contributed by atoms with van der Waals surface area (Å²) < 4.78 is 10.00. The first-order valence-electron chi connectivity index (χ1n) is 4.65. The fraction of sp³-hybridized carbons (Fsp3) is 0.364. The lowest BCUT2D eigenvalue weighted by Crippen LogP contribution is -2.09. The fourth-order valence-electron chi connectivity index (χ4n) is 1.16. The van der Waals surface area contributed by atoms with Gasteiger partial charge in [0.15, 0.2) is 6.61 Å². The highest BCUT2D eigenvalue weighted by Gasteiger charge is 2.00. The molecule has 0 aliphatic rings. The summed E-state index contributed by atoms with van der Waals surface area (Å²) >= 11 is 0. The molecule has 0 unspecified atom stereocenters. The monoisotopic (exact) mass is 210 g/mol. The van der Waals surface area contributed by atoms with E-state index in [1.165, 1.54) is 0 Å². The first kappa shape index (κ1) is 11.5. The maximum atomic E-state index is 10.3. The van der Waals surface area contributed by atoms with Crippen molar-refractivity contribution in [1.29, 1.82) is 0 Å². The van der Waals surface area contributed by atoms with Crippen molar-refractivity contribution in [3.05, 3.63) is 29.8 Å². The van der Waals surface area contributed by atoms with Crippen molar-refractivity contribution in [2.45, 2.75) is 6.42 Å². The van der Waals surface area contributed by atoms with Crippen molar-refractivity contribution in [3.8, 4) is 5.75 Å². The van der Waals surface area contributed by atoms with Crippen LogP contribution in [0.15, 0.2) is 24.3 Å². The highest BCUT2D eigenvalue weighted by molar-refractivity contribution is 5.68. The molecule has 4 nitrogen and oxygen atoms in total. The number of carboxylic acid groups (broad SMARTS) is 1. The van der Waals surface area contributed by atoms with E-state index in [2.05, 4.69) is 0 Å².